The quantitative estimate of drug-likeness (QED) is 0.567. The lowest BCUT2D eigenvalue weighted by molar-refractivity contribution is -0.145. The number of carbonyl (C=O) groups excluding carboxylic acids is 3. The first-order valence-electron chi connectivity index (χ1n) is 9.76. The average Bonchev–Trinajstić information content (AvgIpc) is 3.06. The van der Waals surface area contributed by atoms with E-state index < -0.39 is 34.9 Å². The van der Waals surface area contributed by atoms with E-state index in [-0.39, 0.29) is 24.1 Å². The van der Waals surface area contributed by atoms with Crippen LogP contribution in [-0.4, -0.2) is 53.7 Å². The van der Waals surface area contributed by atoms with Crippen molar-refractivity contribution in [3.05, 3.63) is 23.0 Å². The van der Waals surface area contributed by atoms with Crippen LogP contribution in [0.4, 0.5) is 10.5 Å². The number of aromatic nitrogens is 1. The Morgan fingerprint density at radius 1 is 1.13 bits per heavy atom. The van der Waals surface area contributed by atoms with Gasteiger partial charge in [0.05, 0.1) is 18.7 Å². The second kappa shape index (κ2) is 8.79. The molecular formula is C21H30ClN3O5. The topological polar surface area (TPSA) is 97.8 Å². The number of nitrogens with zero attached hydrogens (tertiary/aromatic N) is 2. The summed E-state index contributed by atoms with van der Waals surface area (Å²) in [4.78, 5) is 42.9. The van der Waals surface area contributed by atoms with Crippen molar-refractivity contribution in [2.24, 2.45) is 11.3 Å². The minimum atomic E-state index is -0.648. The number of methoxy groups -OCH3 is 1. The fourth-order valence-corrected chi connectivity index (χ4v) is 3.23. The highest BCUT2D eigenvalue weighted by atomic mass is 35.5. The molecule has 1 aromatic heterocycles. The van der Waals surface area contributed by atoms with Crippen molar-refractivity contribution in [2.75, 3.05) is 25.5 Å². The van der Waals surface area contributed by atoms with Gasteiger partial charge in [0.15, 0.2) is 5.15 Å². The van der Waals surface area contributed by atoms with Crippen LogP contribution in [0.1, 0.15) is 53.2 Å². The third kappa shape index (κ3) is 5.84. The fourth-order valence-electron chi connectivity index (χ4n) is 3.03. The lowest BCUT2D eigenvalue weighted by atomic mass is 9.92. The summed E-state index contributed by atoms with van der Waals surface area (Å²) < 4.78 is 10.4. The maximum absolute atomic E-state index is 12.5. The van der Waals surface area contributed by atoms with Gasteiger partial charge >= 0.3 is 12.1 Å². The molecule has 1 aliphatic rings. The fraction of sp³-hybridized carbons (Fsp3) is 0.619. The molecule has 1 fully saturated rings. The van der Waals surface area contributed by atoms with Crippen LogP contribution in [-0.2, 0) is 19.1 Å². The van der Waals surface area contributed by atoms with Gasteiger partial charge in [-0.05, 0) is 32.9 Å². The summed E-state index contributed by atoms with van der Waals surface area (Å²) in [6.07, 6.45) is -0.501. The number of ether oxygens (including phenoxy) is 2. The van der Waals surface area contributed by atoms with Crippen molar-refractivity contribution in [2.45, 2.75) is 53.1 Å². The van der Waals surface area contributed by atoms with Crippen molar-refractivity contribution >= 4 is 35.3 Å². The molecular weight excluding hydrogens is 410 g/mol. The second-order valence-electron chi connectivity index (χ2n) is 9.40. The second-order valence-corrected chi connectivity index (χ2v) is 9.76. The summed E-state index contributed by atoms with van der Waals surface area (Å²) in [6.45, 7) is 11.1. The van der Waals surface area contributed by atoms with Crippen LogP contribution in [0, 0.1) is 11.3 Å². The molecule has 0 aliphatic carbocycles. The Hall–Kier alpha value is -2.35. The van der Waals surface area contributed by atoms with E-state index in [0.717, 1.165) is 0 Å². The molecule has 1 saturated heterocycles. The number of nitrogens with one attached hydrogen (secondary N) is 1. The molecule has 2 heterocycles. The van der Waals surface area contributed by atoms with E-state index in [4.69, 9.17) is 21.1 Å². The molecule has 8 nitrogen and oxygen atoms in total. The highest BCUT2D eigenvalue weighted by Gasteiger charge is 2.43. The van der Waals surface area contributed by atoms with Gasteiger partial charge in [0.25, 0.3) is 0 Å². The molecule has 0 aromatic carbocycles. The number of likely N-dealkylation sites (tertiary alicyclic amines) is 1. The Kier molecular flexibility index (Phi) is 7.01. The van der Waals surface area contributed by atoms with Gasteiger partial charge in [0, 0.05) is 30.1 Å². The molecule has 1 aliphatic heterocycles. The molecule has 0 radical (unpaired) electrons. The number of rotatable bonds is 3. The van der Waals surface area contributed by atoms with E-state index in [9.17, 15) is 14.4 Å². The first-order chi connectivity index (χ1) is 13.7. The minimum Gasteiger partial charge on any atom is -0.469 e. The molecule has 1 aromatic rings. The molecule has 2 atom stereocenters. The zero-order valence-electron chi connectivity index (χ0n) is 18.5. The zero-order chi connectivity index (χ0) is 22.9. The van der Waals surface area contributed by atoms with Crippen LogP contribution in [0.15, 0.2) is 12.1 Å². The van der Waals surface area contributed by atoms with E-state index in [1.165, 1.54) is 12.0 Å². The monoisotopic (exact) mass is 439 g/mol. The zero-order valence-corrected chi connectivity index (χ0v) is 19.3. The summed E-state index contributed by atoms with van der Waals surface area (Å²) in [6, 6.07) is 3.35. The molecule has 9 heteroatoms. The molecule has 0 spiro atoms. The Labute approximate surface area is 182 Å². The summed E-state index contributed by atoms with van der Waals surface area (Å²) in [5.74, 6) is -1.63. The number of anilines is 1. The van der Waals surface area contributed by atoms with Gasteiger partial charge in [0.1, 0.15) is 5.60 Å². The van der Waals surface area contributed by atoms with E-state index in [1.54, 1.807) is 53.7 Å². The lowest BCUT2D eigenvalue weighted by Crippen LogP contribution is -2.36. The molecule has 2 unspecified atom stereocenters. The molecule has 2 amide bonds. The number of esters is 1. The first kappa shape index (κ1) is 23.9. The van der Waals surface area contributed by atoms with E-state index in [1.807, 2.05) is 0 Å². The molecule has 166 valence electrons. The summed E-state index contributed by atoms with van der Waals surface area (Å²) in [5.41, 5.74) is -0.311. The van der Waals surface area contributed by atoms with E-state index in [0.29, 0.717) is 11.4 Å². The standard InChI is InChI=1S/C21H30ClN3O5/c1-20(2,3)18(27)24-15-9-8-14(23-16(15)22)12-10-25(11-13(12)17(26)29-7)19(28)30-21(4,5)6/h8-9,12-13H,10-11H2,1-7H3,(H,24,27). The van der Waals surface area contributed by atoms with Crippen LogP contribution in [0.2, 0.25) is 5.15 Å². The van der Waals surface area contributed by atoms with Crippen molar-refractivity contribution < 1.29 is 23.9 Å². The first-order valence-corrected chi connectivity index (χ1v) is 10.1. The summed E-state index contributed by atoms with van der Waals surface area (Å²) in [5, 5.41) is 2.87. The van der Waals surface area contributed by atoms with Crippen LogP contribution < -0.4 is 5.32 Å². The minimum absolute atomic E-state index is 0.115. The van der Waals surface area contributed by atoms with Crippen LogP contribution in [0.25, 0.3) is 0 Å². The predicted molar refractivity (Wildman–Crippen MR) is 113 cm³/mol. The highest BCUT2D eigenvalue weighted by molar-refractivity contribution is 6.32. The average molecular weight is 440 g/mol. The van der Waals surface area contributed by atoms with Gasteiger partial charge in [-0.15, -0.1) is 0 Å². The van der Waals surface area contributed by atoms with Crippen molar-refractivity contribution in [1.82, 2.24) is 9.88 Å². The molecule has 2 rings (SSSR count). The van der Waals surface area contributed by atoms with Crippen LogP contribution >= 0.6 is 11.6 Å². The number of pyridine rings is 1. The Morgan fingerprint density at radius 3 is 2.27 bits per heavy atom. The number of amides is 2. The number of hydrogen-bond donors (Lipinski definition) is 1. The molecule has 0 saturated carbocycles. The summed E-state index contributed by atoms with van der Waals surface area (Å²) >= 11 is 6.30. The van der Waals surface area contributed by atoms with Gasteiger partial charge in [-0.3, -0.25) is 9.59 Å². The Balaban J connectivity index is 2.26. The lowest BCUT2D eigenvalue weighted by Gasteiger charge is -2.24. The largest absolute Gasteiger partial charge is 0.469 e. The normalized spacial score (nSPS) is 19.4. The SMILES string of the molecule is COC(=O)C1CN(C(=O)OC(C)(C)C)CC1c1ccc(NC(=O)C(C)(C)C)c(Cl)n1. The maximum atomic E-state index is 12.5. The van der Waals surface area contributed by atoms with E-state index in [2.05, 4.69) is 10.3 Å². The van der Waals surface area contributed by atoms with Crippen LogP contribution in [0.5, 0.6) is 0 Å². The van der Waals surface area contributed by atoms with Gasteiger partial charge in [-0.25, -0.2) is 9.78 Å². The van der Waals surface area contributed by atoms with Gasteiger partial charge in [-0.2, -0.15) is 0 Å². The Bertz CT molecular complexity index is 829. The van der Waals surface area contributed by atoms with Gasteiger partial charge in [-0.1, -0.05) is 32.4 Å². The number of hydrogen-bond acceptors (Lipinski definition) is 6. The van der Waals surface area contributed by atoms with Crippen molar-refractivity contribution in [3.63, 3.8) is 0 Å². The van der Waals surface area contributed by atoms with E-state index >= 15 is 0 Å². The van der Waals surface area contributed by atoms with Gasteiger partial charge < -0.3 is 19.7 Å². The third-order valence-corrected chi connectivity index (χ3v) is 4.94. The van der Waals surface area contributed by atoms with Crippen molar-refractivity contribution in [1.29, 1.82) is 0 Å². The van der Waals surface area contributed by atoms with Crippen molar-refractivity contribution in [3.8, 4) is 0 Å². The molecule has 30 heavy (non-hydrogen) atoms. The molecule has 0 bridgehead atoms. The third-order valence-electron chi connectivity index (χ3n) is 4.66. The highest BCUT2D eigenvalue weighted by Crippen LogP contribution is 2.35. The van der Waals surface area contributed by atoms with Crippen LogP contribution in [0.3, 0.4) is 0 Å². The smallest absolute Gasteiger partial charge is 0.410 e. The molecule has 1 N–H and O–H groups in total. The maximum Gasteiger partial charge on any atom is 0.410 e. The number of carbonyl (C=O) groups is 3. The van der Waals surface area contributed by atoms with Gasteiger partial charge in [0.2, 0.25) is 5.91 Å². The summed E-state index contributed by atoms with van der Waals surface area (Å²) in [7, 11) is 1.31. The Morgan fingerprint density at radius 2 is 1.77 bits per heavy atom. The number of halogens is 1. The predicted octanol–water partition coefficient (Wildman–Crippen LogP) is 3.84.